The highest BCUT2D eigenvalue weighted by molar-refractivity contribution is 6.00. The van der Waals surface area contributed by atoms with Crippen LogP contribution in [0.2, 0.25) is 0 Å². The lowest BCUT2D eigenvalue weighted by Gasteiger charge is -1.98. The number of hydrogen-bond donors (Lipinski definition) is 2. The lowest BCUT2D eigenvalue weighted by Crippen LogP contribution is -1.87. The van der Waals surface area contributed by atoms with Crippen molar-refractivity contribution in [1.29, 1.82) is 0 Å². The summed E-state index contributed by atoms with van der Waals surface area (Å²) in [6, 6.07) is 5.68. The van der Waals surface area contributed by atoms with Crippen molar-refractivity contribution in [2.24, 2.45) is 0 Å². The van der Waals surface area contributed by atoms with Gasteiger partial charge in [0.05, 0.1) is 10.9 Å². The van der Waals surface area contributed by atoms with Gasteiger partial charge in [-0.3, -0.25) is 5.10 Å². The molecule has 16 heavy (non-hydrogen) atoms. The maximum Gasteiger partial charge on any atom is 0.115 e. The molecule has 0 bridgehead atoms. The van der Waals surface area contributed by atoms with E-state index in [0.29, 0.717) is 5.69 Å². The molecule has 3 aromatic rings. The summed E-state index contributed by atoms with van der Waals surface area (Å²) in [5.74, 6) is 0. The smallest absolute Gasteiger partial charge is 0.115 e. The SMILES string of the molecule is Nc1cccc2[nH]nc(-c3cncnc3)c12. The number of aromatic amines is 1. The van der Waals surface area contributed by atoms with Crippen molar-refractivity contribution >= 4 is 16.6 Å². The van der Waals surface area contributed by atoms with Crippen molar-refractivity contribution in [3.63, 3.8) is 0 Å². The van der Waals surface area contributed by atoms with Crippen molar-refractivity contribution in [2.75, 3.05) is 5.73 Å². The molecule has 5 heteroatoms. The normalized spacial score (nSPS) is 10.8. The van der Waals surface area contributed by atoms with Crippen LogP contribution in [0, 0.1) is 0 Å². The number of hydrogen-bond acceptors (Lipinski definition) is 4. The van der Waals surface area contributed by atoms with Crippen molar-refractivity contribution in [3.8, 4) is 11.3 Å². The standard InChI is InChI=1S/C11H9N5/c12-8-2-1-3-9-10(8)11(16-15-9)7-4-13-6-14-5-7/h1-6H,12H2,(H,15,16). The first kappa shape index (κ1) is 8.84. The molecule has 0 saturated heterocycles. The Bertz CT molecular complexity index is 629. The van der Waals surface area contributed by atoms with E-state index in [-0.39, 0.29) is 0 Å². The molecular weight excluding hydrogens is 202 g/mol. The van der Waals surface area contributed by atoms with Crippen molar-refractivity contribution in [3.05, 3.63) is 36.9 Å². The predicted molar refractivity (Wildman–Crippen MR) is 61.5 cm³/mol. The summed E-state index contributed by atoms with van der Waals surface area (Å²) in [6.07, 6.45) is 4.92. The Morgan fingerprint density at radius 3 is 2.75 bits per heavy atom. The molecule has 0 fully saturated rings. The number of anilines is 1. The summed E-state index contributed by atoms with van der Waals surface area (Å²) in [6.45, 7) is 0. The van der Waals surface area contributed by atoms with Crippen LogP contribution in [0.4, 0.5) is 5.69 Å². The monoisotopic (exact) mass is 211 g/mol. The number of nitrogens with two attached hydrogens (primary N) is 1. The van der Waals surface area contributed by atoms with Crippen LogP contribution >= 0.6 is 0 Å². The Labute approximate surface area is 91.3 Å². The van der Waals surface area contributed by atoms with E-state index in [0.717, 1.165) is 22.2 Å². The van der Waals surface area contributed by atoms with E-state index in [9.17, 15) is 0 Å². The van der Waals surface area contributed by atoms with Crippen molar-refractivity contribution in [1.82, 2.24) is 20.2 Å². The van der Waals surface area contributed by atoms with Crippen LogP contribution in [0.25, 0.3) is 22.2 Å². The third-order valence-electron chi connectivity index (χ3n) is 2.46. The zero-order chi connectivity index (χ0) is 11.0. The summed E-state index contributed by atoms with van der Waals surface area (Å²) in [4.78, 5) is 7.94. The number of H-pyrrole nitrogens is 1. The number of benzene rings is 1. The number of nitrogen functional groups attached to an aromatic ring is 1. The molecule has 0 aliphatic carbocycles. The maximum atomic E-state index is 5.94. The Kier molecular flexibility index (Phi) is 1.83. The Morgan fingerprint density at radius 1 is 1.12 bits per heavy atom. The van der Waals surface area contributed by atoms with E-state index in [1.54, 1.807) is 12.4 Å². The van der Waals surface area contributed by atoms with Gasteiger partial charge in [-0.15, -0.1) is 0 Å². The summed E-state index contributed by atoms with van der Waals surface area (Å²) in [7, 11) is 0. The molecule has 2 aromatic heterocycles. The number of fused-ring (bicyclic) bond motifs is 1. The Morgan fingerprint density at radius 2 is 1.94 bits per heavy atom. The molecule has 2 heterocycles. The number of aromatic nitrogens is 4. The van der Waals surface area contributed by atoms with Gasteiger partial charge in [0.2, 0.25) is 0 Å². The number of nitrogens with zero attached hydrogens (tertiary/aromatic N) is 3. The minimum absolute atomic E-state index is 0.699. The molecule has 3 rings (SSSR count). The average molecular weight is 211 g/mol. The summed E-state index contributed by atoms with van der Waals surface area (Å²) in [5.41, 5.74) is 9.19. The number of nitrogens with one attached hydrogen (secondary N) is 1. The van der Waals surface area contributed by atoms with E-state index in [1.165, 1.54) is 6.33 Å². The van der Waals surface area contributed by atoms with Gasteiger partial charge in [-0.1, -0.05) is 6.07 Å². The van der Waals surface area contributed by atoms with Gasteiger partial charge >= 0.3 is 0 Å². The molecular formula is C11H9N5. The molecule has 0 atom stereocenters. The first-order chi connectivity index (χ1) is 7.86. The van der Waals surface area contributed by atoms with E-state index in [2.05, 4.69) is 20.2 Å². The van der Waals surface area contributed by atoms with Crippen LogP contribution in [-0.2, 0) is 0 Å². The minimum Gasteiger partial charge on any atom is -0.398 e. The van der Waals surface area contributed by atoms with Crippen molar-refractivity contribution in [2.45, 2.75) is 0 Å². The molecule has 5 nitrogen and oxygen atoms in total. The summed E-state index contributed by atoms with van der Waals surface area (Å²) in [5, 5.41) is 8.10. The molecule has 0 spiro atoms. The second-order valence-electron chi connectivity index (χ2n) is 3.47. The summed E-state index contributed by atoms with van der Waals surface area (Å²) < 4.78 is 0. The lowest BCUT2D eigenvalue weighted by molar-refractivity contribution is 1.11. The molecule has 0 aliphatic heterocycles. The predicted octanol–water partition coefficient (Wildman–Crippen LogP) is 1.60. The van der Waals surface area contributed by atoms with Gasteiger partial charge < -0.3 is 5.73 Å². The van der Waals surface area contributed by atoms with Crippen LogP contribution in [0.5, 0.6) is 0 Å². The largest absolute Gasteiger partial charge is 0.398 e. The average Bonchev–Trinajstić information content (AvgIpc) is 2.75. The van der Waals surface area contributed by atoms with Crippen LogP contribution in [0.15, 0.2) is 36.9 Å². The first-order valence-electron chi connectivity index (χ1n) is 4.84. The third-order valence-corrected chi connectivity index (χ3v) is 2.46. The van der Waals surface area contributed by atoms with E-state index in [4.69, 9.17) is 5.73 Å². The van der Waals surface area contributed by atoms with E-state index >= 15 is 0 Å². The fourth-order valence-corrected chi connectivity index (χ4v) is 1.73. The fourth-order valence-electron chi connectivity index (χ4n) is 1.73. The molecule has 0 radical (unpaired) electrons. The first-order valence-corrected chi connectivity index (χ1v) is 4.84. The minimum atomic E-state index is 0.699. The second-order valence-corrected chi connectivity index (χ2v) is 3.47. The van der Waals surface area contributed by atoms with Crippen LogP contribution < -0.4 is 5.73 Å². The quantitative estimate of drug-likeness (QED) is 0.599. The highest BCUT2D eigenvalue weighted by atomic mass is 15.1. The van der Waals surface area contributed by atoms with Gasteiger partial charge in [-0.25, -0.2) is 9.97 Å². The molecule has 3 N–H and O–H groups in total. The Balaban J connectivity index is 2.33. The second kappa shape index (κ2) is 3.30. The third kappa shape index (κ3) is 1.22. The van der Waals surface area contributed by atoms with Crippen LogP contribution in [0.1, 0.15) is 0 Å². The molecule has 0 saturated carbocycles. The highest BCUT2D eigenvalue weighted by Crippen LogP contribution is 2.29. The molecule has 0 aliphatic rings. The van der Waals surface area contributed by atoms with E-state index in [1.807, 2.05) is 18.2 Å². The highest BCUT2D eigenvalue weighted by Gasteiger charge is 2.10. The molecule has 0 unspecified atom stereocenters. The van der Waals surface area contributed by atoms with Crippen molar-refractivity contribution < 1.29 is 0 Å². The topological polar surface area (TPSA) is 80.5 Å². The zero-order valence-corrected chi connectivity index (χ0v) is 8.38. The van der Waals surface area contributed by atoms with Crippen LogP contribution in [-0.4, -0.2) is 20.2 Å². The number of rotatable bonds is 1. The molecule has 1 aromatic carbocycles. The van der Waals surface area contributed by atoms with E-state index < -0.39 is 0 Å². The van der Waals surface area contributed by atoms with Gasteiger partial charge in [0.1, 0.15) is 12.0 Å². The van der Waals surface area contributed by atoms with Crippen LogP contribution in [0.3, 0.4) is 0 Å². The molecule has 0 amide bonds. The fraction of sp³-hybridized carbons (Fsp3) is 0. The summed E-state index contributed by atoms with van der Waals surface area (Å²) >= 11 is 0. The van der Waals surface area contributed by atoms with Gasteiger partial charge in [-0.2, -0.15) is 5.10 Å². The zero-order valence-electron chi connectivity index (χ0n) is 8.38. The van der Waals surface area contributed by atoms with Gasteiger partial charge in [0, 0.05) is 23.6 Å². The van der Waals surface area contributed by atoms with Gasteiger partial charge in [0.25, 0.3) is 0 Å². The van der Waals surface area contributed by atoms with Gasteiger partial charge in [-0.05, 0) is 12.1 Å². The van der Waals surface area contributed by atoms with Gasteiger partial charge in [0.15, 0.2) is 0 Å². The Hall–Kier alpha value is -2.43. The lowest BCUT2D eigenvalue weighted by atomic mass is 10.1. The molecule has 78 valence electrons. The maximum absolute atomic E-state index is 5.94.